The van der Waals surface area contributed by atoms with Crippen LogP contribution in [0.5, 0.6) is 23.0 Å². The first-order valence-electron chi connectivity index (χ1n) is 10.0. The second-order valence-corrected chi connectivity index (χ2v) is 6.02. The van der Waals surface area contributed by atoms with E-state index in [1.807, 2.05) is 13.8 Å². The minimum atomic E-state index is -0.571. The Morgan fingerprint density at radius 3 is 1.73 bits per heavy atom. The molecule has 0 saturated carbocycles. The van der Waals surface area contributed by atoms with Gasteiger partial charge in [0.1, 0.15) is 0 Å². The summed E-state index contributed by atoms with van der Waals surface area (Å²) in [6, 6.07) is 2.80. The number of methoxy groups -OCH3 is 4. The zero-order chi connectivity index (χ0) is 25.2. The number of aromatic nitrogens is 2. The minimum absolute atomic E-state index is 0.0946. The van der Waals surface area contributed by atoms with Crippen molar-refractivity contribution in [2.45, 2.75) is 26.7 Å². The Labute approximate surface area is 193 Å². The molecular weight excluding hydrogens is 436 g/mol. The van der Waals surface area contributed by atoms with Crippen LogP contribution < -0.4 is 14.2 Å². The molecule has 184 valence electrons. The van der Waals surface area contributed by atoms with Crippen LogP contribution in [-0.2, 0) is 9.47 Å². The molecule has 2 N–H and O–H groups in total. The highest BCUT2D eigenvalue weighted by molar-refractivity contribution is 5.88. The summed E-state index contributed by atoms with van der Waals surface area (Å²) in [6.45, 7) is 4.83. The van der Waals surface area contributed by atoms with E-state index in [2.05, 4.69) is 19.4 Å². The molecule has 0 amide bonds. The second-order valence-electron chi connectivity index (χ2n) is 6.02. The molecule has 33 heavy (non-hydrogen) atoms. The van der Waals surface area contributed by atoms with Gasteiger partial charge in [-0.2, -0.15) is 0 Å². The summed E-state index contributed by atoms with van der Waals surface area (Å²) >= 11 is 0. The van der Waals surface area contributed by atoms with Crippen molar-refractivity contribution >= 4 is 11.9 Å². The molecular formula is C22H32N2O9. The first-order chi connectivity index (χ1) is 15.8. The van der Waals surface area contributed by atoms with E-state index in [0.29, 0.717) is 24.7 Å². The number of ether oxygens (including phenoxy) is 5. The molecule has 0 radical (unpaired) electrons. The summed E-state index contributed by atoms with van der Waals surface area (Å²) in [4.78, 5) is 29.8. The molecule has 0 aromatic carbocycles. The van der Waals surface area contributed by atoms with Gasteiger partial charge in [-0.15, -0.1) is 0 Å². The molecule has 0 unspecified atom stereocenters. The molecule has 0 atom stereocenters. The zero-order valence-electron chi connectivity index (χ0n) is 19.8. The summed E-state index contributed by atoms with van der Waals surface area (Å²) < 4.78 is 24.3. The van der Waals surface area contributed by atoms with Crippen molar-refractivity contribution < 1.29 is 43.5 Å². The number of nitrogens with zero attached hydrogens (tertiary/aromatic N) is 2. The molecule has 0 bridgehead atoms. The monoisotopic (exact) mass is 468 g/mol. The number of hydrogen-bond donors (Lipinski definition) is 2. The highest BCUT2D eigenvalue weighted by Gasteiger charge is 2.13. The van der Waals surface area contributed by atoms with Crippen LogP contribution in [-0.4, -0.2) is 73.8 Å². The fourth-order valence-electron chi connectivity index (χ4n) is 1.93. The third-order valence-electron chi connectivity index (χ3n) is 3.59. The molecule has 0 aliphatic carbocycles. The predicted octanol–water partition coefficient (Wildman–Crippen LogP) is 2.64. The van der Waals surface area contributed by atoms with Gasteiger partial charge in [-0.1, -0.05) is 13.8 Å². The summed E-state index contributed by atoms with van der Waals surface area (Å²) in [5.74, 6) is 0.00467. The van der Waals surface area contributed by atoms with Gasteiger partial charge in [-0.3, -0.25) is 0 Å². The topological polar surface area (TPSA) is 147 Å². The molecule has 11 heteroatoms. The van der Waals surface area contributed by atoms with Gasteiger partial charge in [0.05, 0.1) is 47.4 Å². The van der Waals surface area contributed by atoms with E-state index in [1.54, 1.807) is 0 Å². The summed E-state index contributed by atoms with van der Waals surface area (Å²) in [7, 11) is 5.45. The standard InChI is InChI=1S/C11H15NO4.C8H9NO4.C3H8O/c1-4-5-16-10-7-12-8(11(13)15-3)6-9(10)14-2;1-12-7-3-5(8(11)13-2)9-4-6(7)10;1-2-3-4/h6-7H,4-5H2,1-3H3;3-4,10H,1-2H3;4H,2-3H2,1H3. The van der Waals surface area contributed by atoms with E-state index in [4.69, 9.17) is 24.4 Å². The molecule has 2 rings (SSSR count). The maximum absolute atomic E-state index is 11.2. The van der Waals surface area contributed by atoms with Gasteiger partial charge >= 0.3 is 11.9 Å². The van der Waals surface area contributed by atoms with Gasteiger partial charge in [-0.05, 0) is 12.8 Å². The Morgan fingerprint density at radius 2 is 1.30 bits per heavy atom. The number of esters is 2. The van der Waals surface area contributed by atoms with E-state index in [9.17, 15) is 9.59 Å². The Kier molecular flexibility index (Phi) is 15.2. The number of carbonyl (C=O) groups excluding carboxylic acids is 2. The minimum Gasteiger partial charge on any atom is -0.503 e. The summed E-state index contributed by atoms with van der Waals surface area (Å²) in [5.41, 5.74) is 0.292. The van der Waals surface area contributed by atoms with Crippen LogP contribution >= 0.6 is 0 Å². The highest BCUT2D eigenvalue weighted by atomic mass is 16.5. The molecule has 2 aromatic heterocycles. The number of hydrogen-bond acceptors (Lipinski definition) is 11. The third-order valence-corrected chi connectivity index (χ3v) is 3.59. The van der Waals surface area contributed by atoms with Crippen LogP contribution in [0.25, 0.3) is 0 Å². The molecule has 0 spiro atoms. The third kappa shape index (κ3) is 10.5. The van der Waals surface area contributed by atoms with Gasteiger partial charge in [0.25, 0.3) is 0 Å². The van der Waals surface area contributed by atoms with E-state index < -0.39 is 11.9 Å². The number of rotatable bonds is 8. The Bertz CT molecular complexity index is 858. The van der Waals surface area contributed by atoms with Gasteiger partial charge in [0, 0.05) is 18.7 Å². The number of aliphatic hydroxyl groups excluding tert-OH is 1. The van der Waals surface area contributed by atoms with Gasteiger partial charge in [0.15, 0.2) is 34.4 Å². The van der Waals surface area contributed by atoms with E-state index in [0.717, 1.165) is 19.0 Å². The second kappa shape index (κ2) is 17.0. The van der Waals surface area contributed by atoms with E-state index in [1.165, 1.54) is 46.8 Å². The van der Waals surface area contributed by atoms with Crippen LogP contribution in [0.4, 0.5) is 0 Å². The van der Waals surface area contributed by atoms with Crippen LogP contribution in [0.2, 0.25) is 0 Å². The Hall–Kier alpha value is -3.60. The molecule has 0 aliphatic heterocycles. The molecule has 2 heterocycles. The first-order valence-corrected chi connectivity index (χ1v) is 10.0. The molecule has 0 saturated heterocycles. The summed E-state index contributed by atoms with van der Waals surface area (Å²) in [6.07, 6.45) is 4.35. The van der Waals surface area contributed by atoms with Crippen molar-refractivity contribution in [1.29, 1.82) is 0 Å². The van der Waals surface area contributed by atoms with Crippen molar-refractivity contribution in [2.75, 3.05) is 41.7 Å². The number of carbonyl (C=O) groups is 2. The fourth-order valence-corrected chi connectivity index (χ4v) is 1.93. The van der Waals surface area contributed by atoms with Crippen LogP contribution in [0.1, 0.15) is 47.7 Å². The first kappa shape index (κ1) is 29.4. The quantitative estimate of drug-likeness (QED) is 0.551. The van der Waals surface area contributed by atoms with Gasteiger partial charge in [-0.25, -0.2) is 19.6 Å². The predicted molar refractivity (Wildman–Crippen MR) is 119 cm³/mol. The smallest absolute Gasteiger partial charge is 0.356 e. The zero-order valence-corrected chi connectivity index (χ0v) is 19.8. The largest absolute Gasteiger partial charge is 0.503 e. The van der Waals surface area contributed by atoms with Crippen LogP contribution in [0.3, 0.4) is 0 Å². The fraction of sp³-hybridized carbons (Fsp3) is 0.455. The number of pyridine rings is 2. The molecule has 0 fully saturated rings. The Morgan fingerprint density at radius 1 is 0.818 bits per heavy atom. The van der Waals surface area contributed by atoms with Gasteiger partial charge in [0.2, 0.25) is 0 Å². The van der Waals surface area contributed by atoms with Gasteiger partial charge < -0.3 is 33.9 Å². The SMILES string of the molecule is CCCO.CCCOc1cnc(C(=O)OC)cc1OC.COC(=O)c1cc(OC)c(O)cn1. The van der Waals surface area contributed by atoms with Crippen molar-refractivity contribution in [3.63, 3.8) is 0 Å². The lowest BCUT2D eigenvalue weighted by molar-refractivity contribution is 0.0584. The van der Waals surface area contributed by atoms with Crippen LogP contribution in [0.15, 0.2) is 24.5 Å². The lowest BCUT2D eigenvalue weighted by atomic mass is 10.3. The molecule has 11 nitrogen and oxygen atoms in total. The van der Waals surface area contributed by atoms with Crippen molar-refractivity contribution in [2.24, 2.45) is 0 Å². The normalized spacial score (nSPS) is 9.30. The highest BCUT2D eigenvalue weighted by Crippen LogP contribution is 2.27. The van der Waals surface area contributed by atoms with Crippen LogP contribution in [0, 0.1) is 0 Å². The lowest BCUT2D eigenvalue weighted by Crippen LogP contribution is -2.06. The average Bonchev–Trinajstić information content (AvgIpc) is 2.87. The molecule has 0 aliphatic rings. The summed E-state index contributed by atoms with van der Waals surface area (Å²) in [5, 5.41) is 17.0. The van der Waals surface area contributed by atoms with E-state index >= 15 is 0 Å². The number of aliphatic hydroxyl groups is 1. The maximum atomic E-state index is 11.2. The number of aromatic hydroxyl groups is 1. The Balaban J connectivity index is 0.000000542. The average molecular weight is 469 g/mol. The lowest BCUT2D eigenvalue weighted by Gasteiger charge is -2.10. The molecule has 2 aromatic rings. The maximum Gasteiger partial charge on any atom is 0.356 e. The van der Waals surface area contributed by atoms with Crippen molar-refractivity contribution in [3.05, 3.63) is 35.9 Å². The van der Waals surface area contributed by atoms with E-state index in [-0.39, 0.29) is 22.9 Å². The van der Waals surface area contributed by atoms with Crippen molar-refractivity contribution in [1.82, 2.24) is 9.97 Å². The van der Waals surface area contributed by atoms with Crippen molar-refractivity contribution in [3.8, 4) is 23.0 Å².